The first-order valence-corrected chi connectivity index (χ1v) is 3.65. The van der Waals surface area contributed by atoms with Crippen LogP contribution in [0.4, 0.5) is 0 Å². The first kappa shape index (κ1) is 10.1. The van der Waals surface area contributed by atoms with Gasteiger partial charge in [0.2, 0.25) is 0 Å². The molecule has 0 bridgehead atoms. The molecule has 0 atom stereocenters. The molecule has 0 N–H and O–H groups in total. The Hall–Kier alpha value is -0.890. The van der Waals surface area contributed by atoms with Gasteiger partial charge >= 0.3 is 0 Å². The van der Waals surface area contributed by atoms with E-state index >= 15 is 0 Å². The van der Waals surface area contributed by atoms with Crippen LogP contribution in [0, 0.1) is 0 Å². The van der Waals surface area contributed by atoms with Gasteiger partial charge in [-0.25, -0.2) is 0 Å². The molecule has 0 heterocycles. The second-order valence-electron chi connectivity index (χ2n) is 2.15. The fourth-order valence-corrected chi connectivity index (χ4v) is 0.561. The largest absolute Gasteiger partial charge is 0.373 e. The van der Waals surface area contributed by atoms with Gasteiger partial charge in [0.05, 0.1) is 0 Å². The molecule has 0 aliphatic heterocycles. The van der Waals surface area contributed by atoms with Crippen molar-refractivity contribution in [3.8, 4) is 0 Å². The molecule has 2 nitrogen and oxygen atoms in total. The number of ether oxygens (including phenoxy) is 1. The van der Waals surface area contributed by atoms with E-state index in [0.717, 1.165) is 12.8 Å². The highest BCUT2D eigenvalue weighted by atomic mass is 16.5. The number of ketones is 1. The van der Waals surface area contributed by atoms with E-state index in [4.69, 9.17) is 4.74 Å². The molecule has 62 valence electrons. The van der Waals surface area contributed by atoms with Crippen LogP contribution in [-0.2, 0) is 9.53 Å². The van der Waals surface area contributed by atoms with E-state index in [2.05, 4.69) is 13.2 Å². The fraction of sp³-hybridized carbons (Fsp3) is 0.444. The van der Waals surface area contributed by atoms with E-state index in [1.807, 2.05) is 6.08 Å². The fourth-order valence-electron chi connectivity index (χ4n) is 0.561. The van der Waals surface area contributed by atoms with Crippen molar-refractivity contribution in [3.63, 3.8) is 0 Å². The number of carbonyl (C=O) groups excluding carboxylic acids is 1. The number of allylic oxidation sites excluding steroid dienone is 1. The Morgan fingerprint density at radius 1 is 1.45 bits per heavy atom. The minimum atomic E-state index is -0.0661. The third-order valence-electron chi connectivity index (χ3n) is 1.17. The zero-order valence-electron chi connectivity index (χ0n) is 6.71. The molecule has 0 fully saturated rings. The van der Waals surface area contributed by atoms with Crippen LogP contribution in [0.3, 0.4) is 0 Å². The highest BCUT2D eigenvalue weighted by Crippen LogP contribution is 1.90. The van der Waals surface area contributed by atoms with Crippen LogP contribution in [0.1, 0.15) is 12.8 Å². The quantitative estimate of drug-likeness (QED) is 0.317. The van der Waals surface area contributed by atoms with Crippen LogP contribution in [0.2, 0.25) is 0 Å². The standard InChI is InChI=1S/C9H14O2/c1-3-5-6-7-11-8-9(10)4-2/h3-4H,1-2,5-8H2. The maximum absolute atomic E-state index is 10.6. The molecule has 0 aliphatic rings. The summed E-state index contributed by atoms with van der Waals surface area (Å²) in [5.74, 6) is -0.0661. The van der Waals surface area contributed by atoms with Crippen molar-refractivity contribution < 1.29 is 9.53 Å². The Morgan fingerprint density at radius 3 is 2.73 bits per heavy atom. The lowest BCUT2D eigenvalue weighted by molar-refractivity contribution is -0.118. The van der Waals surface area contributed by atoms with Crippen molar-refractivity contribution in [1.82, 2.24) is 0 Å². The van der Waals surface area contributed by atoms with E-state index in [1.165, 1.54) is 6.08 Å². The first-order valence-electron chi connectivity index (χ1n) is 3.65. The van der Waals surface area contributed by atoms with Gasteiger partial charge in [-0.3, -0.25) is 4.79 Å². The first-order chi connectivity index (χ1) is 5.31. The number of unbranched alkanes of at least 4 members (excludes halogenated alkanes) is 1. The number of hydrogen-bond donors (Lipinski definition) is 0. The average molecular weight is 154 g/mol. The maximum Gasteiger partial charge on any atom is 0.180 e. The SMILES string of the molecule is C=CCCCOCC(=O)C=C. The molecule has 11 heavy (non-hydrogen) atoms. The molecule has 0 aromatic heterocycles. The molecular weight excluding hydrogens is 140 g/mol. The molecule has 2 heteroatoms. The zero-order chi connectivity index (χ0) is 8.53. The molecule has 0 rings (SSSR count). The lowest BCUT2D eigenvalue weighted by Crippen LogP contribution is -2.05. The van der Waals surface area contributed by atoms with Gasteiger partial charge in [-0.1, -0.05) is 12.7 Å². The molecule has 0 saturated heterocycles. The Bertz CT molecular complexity index is 138. The number of rotatable bonds is 7. The van der Waals surface area contributed by atoms with Crippen LogP contribution in [0.15, 0.2) is 25.3 Å². The highest BCUT2D eigenvalue weighted by Gasteiger charge is 1.93. The van der Waals surface area contributed by atoms with Crippen LogP contribution in [0.5, 0.6) is 0 Å². The molecule has 0 saturated carbocycles. The van der Waals surface area contributed by atoms with Gasteiger partial charge in [-0.15, -0.1) is 6.58 Å². The second kappa shape index (κ2) is 7.22. The summed E-state index contributed by atoms with van der Waals surface area (Å²) in [7, 11) is 0. The number of hydrogen-bond acceptors (Lipinski definition) is 2. The van der Waals surface area contributed by atoms with Crippen molar-refractivity contribution >= 4 is 5.78 Å². The summed E-state index contributed by atoms with van der Waals surface area (Å²) < 4.78 is 5.02. The molecule has 0 aliphatic carbocycles. The maximum atomic E-state index is 10.6. The molecule has 0 aromatic rings. The van der Waals surface area contributed by atoms with Gasteiger partial charge < -0.3 is 4.74 Å². The van der Waals surface area contributed by atoms with Crippen molar-refractivity contribution in [2.45, 2.75) is 12.8 Å². The lowest BCUT2D eigenvalue weighted by Gasteiger charge is -1.98. The highest BCUT2D eigenvalue weighted by molar-refractivity contribution is 5.90. The summed E-state index contributed by atoms with van der Waals surface area (Å²) in [5, 5.41) is 0. The summed E-state index contributed by atoms with van der Waals surface area (Å²) in [6.45, 7) is 7.67. The third kappa shape index (κ3) is 7.00. The topological polar surface area (TPSA) is 26.3 Å². The average Bonchev–Trinajstić information content (AvgIpc) is 2.04. The van der Waals surface area contributed by atoms with Crippen molar-refractivity contribution in [2.24, 2.45) is 0 Å². The Kier molecular flexibility index (Phi) is 6.64. The summed E-state index contributed by atoms with van der Waals surface area (Å²) in [5.41, 5.74) is 0. The van der Waals surface area contributed by atoms with Crippen molar-refractivity contribution in [1.29, 1.82) is 0 Å². The number of carbonyl (C=O) groups is 1. The third-order valence-corrected chi connectivity index (χ3v) is 1.17. The summed E-state index contributed by atoms with van der Waals surface area (Å²) >= 11 is 0. The Balaban J connectivity index is 3.07. The predicted molar refractivity (Wildman–Crippen MR) is 45.5 cm³/mol. The van der Waals surface area contributed by atoms with Gasteiger partial charge in [0, 0.05) is 6.61 Å². The van der Waals surface area contributed by atoms with Gasteiger partial charge in [0.15, 0.2) is 5.78 Å². The van der Waals surface area contributed by atoms with E-state index in [1.54, 1.807) is 0 Å². The molecule has 0 unspecified atom stereocenters. The summed E-state index contributed by atoms with van der Waals surface area (Å²) in [6.07, 6.45) is 4.96. The van der Waals surface area contributed by atoms with Crippen LogP contribution in [-0.4, -0.2) is 19.0 Å². The molecule has 0 aromatic carbocycles. The monoisotopic (exact) mass is 154 g/mol. The van der Waals surface area contributed by atoms with Crippen LogP contribution < -0.4 is 0 Å². The Morgan fingerprint density at radius 2 is 2.18 bits per heavy atom. The normalized spacial score (nSPS) is 9.09. The minimum absolute atomic E-state index is 0.0661. The zero-order valence-corrected chi connectivity index (χ0v) is 6.71. The smallest absolute Gasteiger partial charge is 0.180 e. The van der Waals surface area contributed by atoms with Gasteiger partial charge in [-0.2, -0.15) is 0 Å². The predicted octanol–water partition coefficient (Wildman–Crippen LogP) is 1.72. The molecule has 0 spiro atoms. The Labute approximate surface area is 67.6 Å². The summed E-state index contributed by atoms with van der Waals surface area (Å²) in [6, 6.07) is 0. The molecular formula is C9H14O2. The lowest BCUT2D eigenvalue weighted by atomic mass is 10.3. The van der Waals surface area contributed by atoms with E-state index in [9.17, 15) is 4.79 Å². The van der Waals surface area contributed by atoms with E-state index in [-0.39, 0.29) is 12.4 Å². The van der Waals surface area contributed by atoms with Gasteiger partial charge in [0.1, 0.15) is 6.61 Å². The van der Waals surface area contributed by atoms with Crippen LogP contribution in [0.25, 0.3) is 0 Å². The van der Waals surface area contributed by atoms with Gasteiger partial charge in [-0.05, 0) is 18.9 Å². The van der Waals surface area contributed by atoms with Crippen molar-refractivity contribution in [2.75, 3.05) is 13.2 Å². The summed E-state index contributed by atoms with van der Waals surface area (Å²) in [4.78, 5) is 10.6. The van der Waals surface area contributed by atoms with E-state index in [0.29, 0.717) is 6.61 Å². The minimum Gasteiger partial charge on any atom is -0.373 e. The van der Waals surface area contributed by atoms with E-state index < -0.39 is 0 Å². The second-order valence-corrected chi connectivity index (χ2v) is 2.15. The molecule has 0 radical (unpaired) electrons. The van der Waals surface area contributed by atoms with Crippen molar-refractivity contribution in [3.05, 3.63) is 25.3 Å². The van der Waals surface area contributed by atoms with Crippen LogP contribution >= 0.6 is 0 Å². The van der Waals surface area contributed by atoms with Gasteiger partial charge in [0.25, 0.3) is 0 Å². The molecule has 0 amide bonds.